The first-order chi connectivity index (χ1) is 27.9. The van der Waals surface area contributed by atoms with Crippen molar-refractivity contribution in [2.24, 2.45) is 11.8 Å². The van der Waals surface area contributed by atoms with Crippen LogP contribution in [0.1, 0.15) is 85.2 Å². The topological polar surface area (TPSA) is 152 Å². The fourth-order valence-electron chi connectivity index (χ4n) is 8.96. The van der Waals surface area contributed by atoms with Gasteiger partial charge in [0, 0.05) is 78.6 Å². The molecule has 2 fully saturated rings. The summed E-state index contributed by atoms with van der Waals surface area (Å²) >= 11 is 6.42. The number of aryl methyl sites for hydroxylation is 2. The van der Waals surface area contributed by atoms with Crippen molar-refractivity contribution in [2.75, 3.05) is 71.5 Å². The number of nitrogens with zero attached hydrogens (tertiary/aromatic N) is 6. The lowest BCUT2D eigenvalue weighted by molar-refractivity contribution is -0.0956. The number of amides is 1. The lowest BCUT2D eigenvalue weighted by atomic mass is 9.64. The van der Waals surface area contributed by atoms with Gasteiger partial charge in [-0.2, -0.15) is 4.98 Å². The van der Waals surface area contributed by atoms with Crippen molar-refractivity contribution < 1.29 is 31.9 Å². The molecular weight excluding hydrogens is 782 g/mol. The number of fused-ring (bicyclic) bond motifs is 3. The number of carbonyl (C=O) groups is 1. The number of methoxy groups -OCH3 is 2. The van der Waals surface area contributed by atoms with Gasteiger partial charge in [-0.1, -0.05) is 35.0 Å². The molecule has 1 aromatic carbocycles. The van der Waals surface area contributed by atoms with Crippen LogP contribution in [0.5, 0.6) is 5.75 Å². The van der Waals surface area contributed by atoms with Gasteiger partial charge in [0.1, 0.15) is 17.9 Å². The highest BCUT2D eigenvalue weighted by molar-refractivity contribution is 7.91. The Morgan fingerprint density at radius 1 is 1.02 bits per heavy atom. The molecule has 4 aliphatic rings. The lowest BCUT2D eigenvalue weighted by Crippen LogP contribution is -2.58. The minimum absolute atomic E-state index is 0.0177. The zero-order chi connectivity index (χ0) is 40.9. The highest BCUT2D eigenvalue weighted by Crippen LogP contribution is 2.46. The first-order valence-electron chi connectivity index (χ1n) is 20.6. The van der Waals surface area contributed by atoms with Crippen molar-refractivity contribution in [1.29, 1.82) is 0 Å². The lowest BCUT2D eigenvalue weighted by Gasteiger charge is -2.51. The predicted molar refractivity (Wildman–Crippen MR) is 222 cm³/mol. The van der Waals surface area contributed by atoms with Crippen molar-refractivity contribution in [3.8, 4) is 5.75 Å². The number of carbonyl (C=O) groups excluding carboxylic acids is 1. The SMILES string of the molecule is COCC[C@@]1(C)CC/C=C/[C@](CN2CCN(Cc3noc(C)n3)CC2)(OC)[C@@H]2CC[C@H]2CN2CCCCc3cc(Cl)ccc3COc3ccc(nc32)C(=O)NS1(=O)=O. The molecule has 1 saturated heterocycles. The van der Waals surface area contributed by atoms with Gasteiger partial charge in [0.15, 0.2) is 17.4 Å². The maximum Gasteiger partial charge on any atom is 0.283 e. The van der Waals surface area contributed by atoms with E-state index in [-0.39, 0.29) is 37.0 Å². The van der Waals surface area contributed by atoms with E-state index in [1.54, 1.807) is 33.1 Å². The molecule has 316 valence electrons. The van der Waals surface area contributed by atoms with Gasteiger partial charge in [0.25, 0.3) is 5.91 Å². The molecule has 7 rings (SSSR count). The number of hydrogen-bond donors (Lipinski definition) is 1. The first kappa shape index (κ1) is 42.5. The number of allylic oxidation sites excluding steroid dienone is 1. The number of aromatic nitrogens is 3. The Hall–Kier alpha value is -3.60. The third kappa shape index (κ3) is 9.55. The minimum Gasteiger partial charge on any atom is -0.485 e. The molecule has 0 unspecified atom stereocenters. The quantitative estimate of drug-likeness (QED) is 0.281. The van der Waals surface area contributed by atoms with Crippen molar-refractivity contribution in [3.05, 3.63) is 76.0 Å². The molecule has 16 heteroatoms. The minimum atomic E-state index is -4.18. The van der Waals surface area contributed by atoms with Crippen molar-refractivity contribution in [3.63, 3.8) is 0 Å². The summed E-state index contributed by atoms with van der Waals surface area (Å²) in [6, 6.07) is 9.19. The summed E-state index contributed by atoms with van der Waals surface area (Å²) < 4.78 is 53.2. The van der Waals surface area contributed by atoms with E-state index in [2.05, 4.69) is 41.7 Å². The van der Waals surface area contributed by atoms with E-state index in [0.29, 0.717) is 67.5 Å². The Balaban J connectivity index is 1.22. The molecule has 3 aliphatic heterocycles. The van der Waals surface area contributed by atoms with Crippen LogP contribution in [0.2, 0.25) is 5.02 Å². The van der Waals surface area contributed by atoms with Crippen LogP contribution in [-0.2, 0) is 39.1 Å². The van der Waals surface area contributed by atoms with Gasteiger partial charge in [-0.3, -0.25) is 14.6 Å². The molecule has 1 N–H and O–H groups in total. The molecule has 58 heavy (non-hydrogen) atoms. The Labute approximate surface area is 347 Å². The maximum absolute atomic E-state index is 14.2. The third-order valence-electron chi connectivity index (χ3n) is 12.7. The number of anilines is 1. The largest absolute Gasteiger partial charge is 0.485 e. The number of pyridine rings is 1. The van der Waals surface area contributed by atoms with Crippen LogP contribution in [0.25, 0.3) is 0 Å². The average Bonchev–Trinajstić information content (AvgIpc) is 3.60. The second-order valence-corrected chi connectivity index (χ2v) is 19.2. The van der Waals surface area contributed by atoms with Gasteiger partial charge in [0.2, 0.25) is 15.9 Å². The van der Waals surface area contributed by atoms with Crippen LogP contribution >= 0.6 is 11.6 Å². The molecular formula is C42H58ClN7O7S. The number of sulfonamides is 1. The summed E-state index contributed by atoms with van der Waals surface area (Å²) in [6.07, 6.45) is 9.92. The van der Waals surface area contributed by atoms with Gasteiger partial charge in [0.05, 0.1) is 11.3 Å². The van der Waals surface area contributed by atoms with Crippen LogP contribution in [0.15, 0.2) is 47.0 Å². The number of hydrogen-bond acceptors (Lipinski definition) is 13. The Kier molecular flexibility index (Phi) is 13.4. The normalized spacial score (nSPS) is 27.9. The van der Waals surface area contributed by atoms with E-state index in [0.717, 1.165) is 69.4 Å². The number of piperazine rings is 1. The van der Waals surface area contributed by atoms with E-state index in [4.69, 9.17) is 35.3 Å². The Morgan fingerprint density at radius 3 is 2.55 bits per heavy atom. The molecule has 14 nitrogen and oxygen atoms in total. The number of nitrogens with one attached hydrogen (secondary N) is 1. The monoisotopic (exact) mass is 839 g/mol. The maximum atomic E-state index is 14.2. The standard InChI is InChI=1S/C42H58ClN7O7S/c1-30-44-38(46-57-30)27-48-20-22-49(23-21-48)29-42(55-4)17-7-6-16-41(2,18-24-54-3)58(52,53)47-40(51)36-14-15-37-39(45-36)50(26-32-11-13-35(32)42)19-8-5-9-31-25-34(43)12-10-33(31)28-56-37/h7,10,12,14-15,17,25,32,35H,5-6,8-9,11,13,16,18-24,26-29H2,1-4H3,(H,47,51)/b17-7+/t32-,35+,41+,42+/m0/s1. The van der Waals surface area contributed by atoms with E-state index in [1.165, 1.54) is 0 Å². The summed E-state index contributed by atoms with van der Waals surface area (Å²) in [7, 11) is -0.822. The zero-order valence-electron chi connectivity index (χ0n) is 34.3. The Morgan fingerprint density at radius 2 is 1.83 bits per heavy atom. The van der Waals surface area contributed by atoms with Crippen molar-refractivity contribution >= 4 is 33.3 Å². The molecule has 5 heterocycles. The van der Waals surface area contributed by atoms with E-state index in [9.17, 15) is 13.2 Å². The number of rotatable bonds is 8. The van der Waals surface area contributed by atoms with E-state index in [1.807, 2.05) is 25.3 Å². The van der Waals surface area contributed by atoms with Gasteiger partial charge in [-0.15, -0.1) is 0 Å². The van der Waals surface area contributed by atoms with Crippen LogP contribution in [0.3, 0.4) is 0 Å². The molecule has 0 radical (unpaired) electrons. The number of benzene rings is 1. The molecule has 0 spiro atoms. The third-order valence-corrected chi connectivity index (χ3v) is 15.1. The van der Waals surface area contributed by atoms with Crippen molar-refractivity contribution in [1.82, 2.24) is 29.6 Å². The highest BCUT2D eigenvalue weighted by Gasteiger charge is 2.49. The van der Waals surface area contributed by atoms with Crippen LogP contribution < -0.4 is 14.4 Å². The number of ether oxygens (including phenoxy) is 3. The second kappa shape index (κ2) is 18.3. The molecule has 1 amide bonds. The average molecular weight is 840 g/mol. The molecule has 2 aromatic heterocycles. The van der Waals surface area contributed by atoms with Gasteiger partial charge >= 0.3 is 0 Å². The van der Waals surface area contributed by atoms with E-state index >= 15 is 0 Å². The molecule has 3 aromatic rings. The molecule has 2 bridgehead atoms. The smallest absolute Gasteiger partial charge is 0.283 e. The molecule has 1 aliphatic carbocycles. The zero-order valence-corrected chi connectivity index (χ0v) is 35.8. The number of halogens is 1. The van der Waals surface area contributed by atoms with Crippen LogP contribution in [0.4, 0.5) is 5.82 Å². The summed E-state index contributed by atoms with van der Waals surface area (Å²) in [5.74, 6) is 2.02. The second-order valence-electron chi connectivity index (χ2n) is 16.6. The van der Waals surface area contributed by atoms with Gasteiger partial charge in [-0.25, -0.2) is 18.1 Å². The summed E-state index contributed by atoms with van der Waals surface area (Å²) in [5.41, 5.74) is 1.60. The summed E-state index contributed by atoms with van der Waals surface area (Å²) in [6.45, 7) is 10.2. The van der Waals surface area contributed by atoms with Gasteiger partial charge < -0.3 is 23.6 Å². The summed E-state index contributed by atoms with van der Waals surface area (Å²) in [5, 5.41) is 4.79. The highest BCUT2D eigenvalue weighted by atomic mass is 35.5. The Bertz CT molecular complexity index is 2040. The molecule has 4 atom stereocenters. The summed E-state index contributed by atoms with van der Waals surface area (Å²) in [4.78, 5) is 30.2. The van der Waals surface area contributed by atoms with Crippen LogP contribution in [-0.4, -0.2) is 116 Å². The predicted octanol–water partition coefficient (Wildman–Crippen LogP) is 5.58. The molecule has 1 saturated carbocycles. The fourth-order valence-corrected chi connectivity index (χ4v) is 10.5. The van der Waals surface area contributed by atoms with Crippen LogP contribution in [0, 0.1) is 18.8 Å². The van der Waals surface area contributed by atoms with Crippen molar-refractivity contribution in [2.45, 2.75) is 88.7 Å². The van der Waals surface area contributed by atoms with Gasteiger partial charge in [-0.05, 0) is 106 Å². The van der Waals surface area contributed by atoms with E-state index < -0.39 is 26.3 Å². The first-order valence-corrected chi connectivity index (χ1v) is 22.5. The fraction of sp³-hybridized carbons (Fsp3) is 0.619.